The van der Waals surface area contributed by atoms with Crippen LogP contribution >= 0.6 is 0 Å². The molecule has 0 aliphatic heterocycles. The minimum atomic E-state index is -5.17. The molecule has 0 atom stereocenters. The molecule has 24 nitrogen and oxygen atoms in total. The standard InChI is InChI=1S/8H3N.4H2O4S/c;;;;;;;;4*1-5(2,3)4/h8*1H3;4*(H2,1,2,3,4). The van der Waals surface area contributed by atoms with Gasteiger partial charge in [-0.15, -0.1) is 0 Å². The molecule has 0 fully saturated rings. The van der Waals surface area contributed by atoms with Crippen LogP contribution in [0.5, 0.6) is 0 Å². The maximum atomic E-state index is 8.52. The van der Waals surface area contributed by atoms with Crippen LogP contribution in [-0.4, -0.2) is 70.1 Å². The van der Waals surface area contributed by atoms with Gasteiger partial charge in [0.15, 0.2) is 0 Å². The lowest BCUT2D eigenvalue weighted by Gasteiger charge is -2.06. The van der Waals surface area contributed by atoms with E-state index in [0.29, 0.717) is 0 Å². The molecule has 0 aromatic carbocycles. The Kier molecular flexibility index (Phi) is 89.2. The third-order valence-corrected chi connectivity index (χ3v) is 0. The van der Waals surface area contributed by atoms with Crippen molar-refractivity contribution in [1.82, 2.24) is 49.2 Å². The highest BCUT2D eigenvalue weighted by Crippen LogP contribution is 1.59. The van der Waals surface area contributed by atoms with Gasteiger partial charge in [-0.25, -0.2) is 0 Å². The number of quaternary nitrogens is 8. The van der Waals surface area contributed by atoms with Gasteiger partial charge in [-0.05, 0) is 0 Å². The highest BCUT2D eigenvalue weighted by atomic mass is 32.3. The third kappa shape index (κ3) is 20800. The Labute approximate surface area is 161 Å². The molecular weight excluding hydrogens is 496 g/mol. The summed E-state index contributed by atoms with van der Waals surface area (Å²) in [5.74, 6) is 0. The van der Waals surface area contributed by atoms with Gasteiger partial charge in [-0.2, -0.15) is 0 Å². The molecule has 32 N–H and O–H groups in total. The third-order valence-electron chi connectivity index (χ3n) is 0. The fourth-order valence-corrected chi connectivity index (χ4v) is 0. The average molecular weight is 529 g/mol. The Morgan fingerprint density at radius 3 is 0.250 bits per heavy atom. The van der Waals surface area contributed by atoms with E-state index < -0.39 is 41.6 Å². The summed E-state index contributed by atoms with van der Waals surface area (Å²) < 4.78 is 136. The molecule has 192 valence electrons. The van der Waals surface area contributed by atoms with Gasteiger partial charge in [-0.3, -0.25) is 33.7 Å². The Balaban J connectivity index is -0.0000000111. The van der Waals surface area contributed by atoms with Crippen molar-refractivity contribution in [3.05, 3.63) is 0 Å². The van der Waals surface area contributed by atoms with Crippen molar-refractivity contribution < 1.29 is 70.1 Å². The van der Waals surface area contributed by atoms with Crippen molar-refractivity contribution >= 4 is 41.6 Å². The van der Waals surface area contributed by atoms with Gasteiger partial charge in [0.05, 0.1) is 0 Å². The van der Waals surface area contributed by atoms with Crippen LogP contribution in [0, 0.1) is 0 Å². The van der Waals surface area contributed by atoms with Gasteiger partial charge in [0.2, 0.25) is 0 Å². The molecule has 0 saturated carbocycles. The van der Waals surface area contributed by atoms with Crippen LogP contribution in [0.2, 0.25) is 0 Å². The summed E-state index contributed by atoms with van der Waals surface area (Å²) in [5.41, 5.74) is 0. The predicted octanol–water partition coefficient (Wildman–Crippen LogP) is -2.34. The summed E-state index contributed by atoms with van der Waals surface area (Å²) in [6, 6.07) is 0. The minimum Gasteiger partial charge on any atom is -0.759 e. The van der Waals surface area contributed by atoms with Crippen LogP contribution in [0.1, 0.15) is 0 Å². The van der Waals surface area contributed by atoms with Crippen molar-refractivity contribution in [2.45, 2.75) is 0 Å². The molecule has 0 aliphatic carbocycles. The van der Waals surface area contributed by atoms with Crippen molar-refractivity contribution in [2.75, 3.05) is 0 Å². The normalized spacial score (nSPS) is 8.29. The van der Waals surface area contributed by atoms with E-state index in [0.717, 1.165) is 0 Å². The lowest BCUT2D eigenvalue weighted by atomic mass is 14.0. The monoisotopic (exact) mass is 528 g/mol. The van der Waals surface area contributed by atoms with E-state index in [2.05, 4.69) is 0 Å². The van der Waals surface area contributed by atoms with E-state index in [9.17, 15) is 0 Å². The van der Waals surface area contributed by atoms with Gasteiger partial charge in [0.1, 0.15) is 0 Å². The van der Waals surface area contributed by atoms with Crippen molar-refractivity contribution in [2.24, 2.45) is 0 Å². The smallest absolute Gasteiger partial charge is 0.0311 e. The Hall–Kier alpha value is -0.840. The quantitative estimate of drug-likeness (QED) is 0.120. The van der Waals surface area contributed by atoms with Crippen LogP contribution in [-0.2, 0) is 41.6 Å². The van der Waals surface area contributed by atoms with Crippen LogP contribution in [0.25, 0.3) is 0 Å². The van der Waals surface area contributed by atoms with Gasteiger partial charge in [0.25, 0.3) is 0 Å². The molecule has 0 bridgehead atoms. The van der Waals surface area contributed by atoms with Gasteiger partial charge < -0.3 is 85.6 Å². The summed E-state index contributed by atoms with van der Waals surface area (Å²) in [5, 5.41) is 0. The summed E-state index contributed by atoms with van der Waals surface area (Å²) in [6.07, 6.45) is 0. The first-order chi connectivity index (χ1) is 8.00. The van der Waals surface area contributed by atoms with E-state index in [1.54, 1.807) is 0 Å². The van der Waals surface area contributed by atoms with Crippen molar-refractivity contribution in [3.63, 3.8) is 0 Å². The highest BCUT2D eigenvalue weighted by molar-refractivity contribution is 7.80. The summed E-state index contributed by atoms with van der Waals surface area (Å²) in [7, 11) is -20.7. The molecule has 0 unspecified atom stereocenters. The minimum absolute atomic E-state index is 0. The number of hydrogen-bond acceptors (Lipinski definition) is 16. The van der Waals surface area contributed by atoms with Gasteiger partial charge in [0, 0.05) is 41.6 Å². The second-order valence-electron chi connectivity index (χ2n) is 1.63. The topological polar surface area (TPSA) is 613 Å². The maximum Gasteiger partial charge on any atom is 0.0311 e. The van der Waals surface area contributed by atoms with Crippen LogP contribution < -0.4 is 49.2 Å². The SMILES string of the molecule is O=S(=O)([O-])[O-].O=S(=O)([O-])[O-].O=S(=O)([O-])[O-].O=S(=O)([O-])[O-].[NH4+].[NH4+].[NH4+].[NH4+].[NH4+].[NH4+].[NH4+].[NH4+]. The first-order valence-corrected chi connectivity index (χ1v) is 8.00. The highest BCUT2D eigenvalue weighted by Gasteiger charge is 1.51. The molecule has 0 spiro atoms. The largest absolute Gasteiger partial charge is 0.759 e. The van der Waals surface area contributed by atoms with E-state index in [1.807, 2.05) is 0 Å². The molecule has 0 aromatic heterocycles. The molecule has 0 radical (unpaired) electrons. The summed E-state index contributed by atoms with van der Waals surface area (Å²) >= 11 is 0. The van der Waals surface area contributed by atoms with E-state index >= 15 is 0 Å². The Morgan fingerprint density at radius 2 is 0.250 bits per heavy atom. The first-order valence-electron chi connectivity index (χ1n) is 2.67. The van der Waals surface area contributed by atoms with Crippen LogP contribution in [0.15, 0.2) is 0 Å². The molecule has 0 rings (SSSR count). The average Bonchev–Trinajstić information content (AvgIpc) is 1.62. The predicted molar refractivity (Wildman–Crippen MR) is 89.8 cm³/mol. The molecule has 28 heavy (non-hydrogen) atoms. The number of hydrogen-bond donors (Lipinski definition) is 8. The molecule has 0 heterocycles. The zero-order chi connectivity index (χ0) is 18.0. The molecule has 0 aliphatic rings. The van der Waals surface area contributed by atoms with Crippen LogP contribution in [0.3, 0.4) is 0 Å². The molecular formula is H32N8O16S4. The molecule has 28 heteroatoms. The fourth-order valence-electron chi connectivity index (χ4n) is 0. The van der Waals surface area contributed by atoms with Gasteiger partial charge >= 0.3 is 0 Å². The maximum absolute atomic E-state index is 8.52. The van der Waals surface area contributed by atoms with E-state index in [4.69, 9.17) is 70.1 Å². The Bertz CT molecular complexity index is 491. The van der Waals surface area contributed by atoms with E-state index in [-0.39, 0.29) is 49.2 Å². The Morgan fingerprint density at radius 1 is 0.250 bits per heavy atom. The van der Waals surface area contributed by atoms with Gasteiger partial charge in [-0.1, -0.05) is 0 Å². The lowest BCUT2D eigenvalue weighted by Crippen LogP contribution is -1.91. The van der Waals surface area contributed by atoms with Crippen LogP contribution in [0.4, 0.5) is 0 Å². The second kappa shape index (κ2) is 30.9. The lowest BCUT2D eigenvalue weighted by molar-refractivity contribution is 0.350. The summed E-state index contributed by atoms with van der Waals surface area (Å²) in [6.45, 7) is 0. The van der Waals surface area contributed by atoms with E-state index in [1.165, 1.54) is 0 Å². The number of rotatable bonds is 0. The summed E-state index contributed by atoms with van der Waals surface area (Å²) in [4.78, 5) is 0. The molecule has 0 aromatic rings. The zero-order valence-corrected chi connectivity index (χ0v) is 19.4. The first kappa shape index (κ1) is 80.9. The van der Waals surface area contributed by atoms with Crippen molar-refractivity contribution in [3.8, 4) is 0 Å². The molecule has 0 amide bonds. The second-order valence-corrected chi connectivity index (χ2v) is 4.90. The fraction of sp³-hybridized carbons (Fsp3) is 0. The van der Waals surface area contributed by atoms with Crippen molar-refractivity contribution in [1.29, 1.82) is 0 Å². The zero-order valence-electron chi connectivity index (χ0n) is 16.2. The molecule has 0 saturated heterocycles.